The van der Waals surface area contributed by atoms with Gasteiger partial charge in [0.25, 0.3) is 0 Å². The molecule has 0 aliphatic rings. The second kappa shape index (κ2) is 11.8. The van der Waals surface area contributed by atoms with Gasteiger partial charge in [-0.2, -0.15) is 13.2 Å². The van der Waals surface area contributed by atoms with Crippen LogP contribution < -0.4 is 4.74 Å². The van der Waals surface area contributed by atoms with Crippen LogP contribution >= 0.6 is 23.2 Å². The number of nitrogens with zero attached hydrogens (tertiary/aromatic N) is 2. The first-order valence-corrected chi connectivity index (χ1v) is 11.3. The summed E-state index contributed by atoms with van der Waals surface area (Å²) in [5.74, 6) is -0.958. The zero-order chi connectivity index (χ0) is 26.4. The Labute approximate surface area is 211 Å². The highest BCUT2D eigenvalue weighted by Gasteiger charge is 2.43. The normalized spacial score (nSPS) is 13.0. The summed E-state index contributed by atoms with van der Waals surface area (Å²) >= 11 is 12.2. The number of hydrogen-bond acceptors (Lipinski definition) is 4. The number of hydrogen-bond donors (Lipinski definition) is 0. The lowest BCUT2D eigenvalue weighted by atomic mass is 9.83. The number of carbonyl (C=O) groups is 3. The van der Waals surface area contributed by atoms with E-state index in [2.05, 4.69) is 0 Å². The van der Waals surface area contributed by atoms with Gasteiger partial charge in [-0.1, -0.05) is 47.0 Å². The van der Waals surface area contributed by atoms with Gasteiger partial charge in [-0.05, 0) is 43.2 Å². The molecule has 0 aliphatic carbocycles. The fraction of sp³-hybridized carbons (Fsp3) is 0.375. The van der Waals surface area contributed by atoms with E-state index in [4.69, 9.17) is 27.9 Å². The van der Waals surface area contributed by atoms with Gasteiger partial charge in [0, 0.05) is 27.1 Å². The zero-order valence-electron chi connectivity index (χ0n) is 19.4. The fourth-order valence-electron chi connectivity index (χ4n) is 3.60. The van der Waals surface area contributed by atoms with Crippen LogP contribution in [0.4, 0.5) is 18.0 Å². The van der Waals surface area contributed by atoms with Crippen molar-refractivity contribution in [1.82, 2.24) is 9.80 Å². The second-order valence-electron chi connectivity index (χ2n) is 8.15. The maximum atomic E-state index is 13.2. The smallest absolute Gasteiger partial charge is 0.410 e. The molecule has 2 rings (SSSR count). The summed E-state index contributed by atoms with van der Waals surface area (Å²) in [5, 5.41) is 0.343. The summed E-state index contributed by atoms with van der Waals surface area (Å²) in [6, 6.07) is 11.1. The van der Waals surface area contributed by atoms with E-state index >= 15 is 0 Å². The molecular weight excluding hydrogens is 508 g/mol. The lowest BCUT2D eigenvalue weighted by Gasteiger charge is -2.44. The first kappa shape index (κ1) is 28.5. The number of aldehydes is 1. The van der Waals surface area contributed by atoms with Gasteiger partial charge >= 0.3 is 12.3 Å². The van der Waals surface area contributed by atoms with Gasteiger partial charge in [0.15, 0.2) is 0 Å². The largest absolute Gasteiger partial charge is 0.415 e. The molecule has 0 aliphatic heterocycles. The summed E-state index contributed by atoms with van der Waals surface area (Å²) in [7, 11) is 2.58. The van der Waals surface area contributed by atoms with Crippen molar-refractivity contribution in [3.8, 4) is 5.75 Å². The van der Waals surface area contributed by atoms with Gasteiger partial charge in [-0.15, -0.1) is 0 Å². The summed E-state index contributed by atoms with van der Waals surface area (Å²) in [6.07, 6.45) is -6.71. The molecule has 35 heavy (non-hydrogen) atoms. The summed E-state index contributed by atoms with van der Waals surface area (Å²) in [5.41, 5.74) is -0.157. The summed E-state index contributed by atoms with van der Waals surface area (Å²) in [6.45, 7) is 1.49. The van der Waals surface area contributed by atoms with Crippen molar-refractivity contribution in [1.29, 1.82) is 0 Å². The van der Waals surface area contributed by atoms with Crippen molar-refractivity contribution in [2.45, 2.75) is 37.9 Å². The van der Waals surface area contributed by atoms with Crippen molar-refractivity contribution in [2.24, 2.45) is 0 Å². The molecule has 0 bridgehead atoms. The molecule has 0 heterocycles. The molecule has 0 fully saturated rings. The fourth-order valence-corrected chi connectivity index (χ4v) is 3.90. The Morgan fingerprint density at radius 1 is 1.03 bits per heavy atom. The molecule has 190 valence electrons. The molecule has 0 radical (unpaired) electrons. The molecular formula is C24H25Cl2F3N2O4. The van der Waals surface area contributed by atoms with Crippen LogP contribution in [0, 0.1) is 6.92 Å². The third-order valence-electron chi connectivity index (χ3n) is 5.55. The van der Waals surface area contributed by atoms with E-state index in [1.807, 2.05) is 6.92 Å². The number of amides is 2. The Kier molecular flexibility index (Phi) is 9.57. The summed E-state index contributed by atoms with van der Waals surface area (Å²) < 4.78 is 44.1. The standard InChI is InChI=1S/C24H25Cl2F3N2O4/c1-16-5-8-18(9-6-16)35-22(34)31(3)23(11-4-12-32,17-7-10-19(25)20(26)13-17)15-30(2)21(33)14-24(27,28)29/h5-10,12-13H,4,11,14-15H2,1-3H3/t23-/m1/s1. The van der Waals surface area contributed by atoms with Gasteiger partial charge in [-0.3, -0.25) is 9.69 Å². The Hall–Kier alpha value is -2.78. The predicted octanol–water partition coefficient (Wildman–Crippen LogP) is 6.02. The van der Waals surface area contributed by atoms with E-state index in [1.54, 1.807) is 24.3 Å². The second-order valence-corrected chi connectivity index (χ2v) is 8.96. The van der Waals surface area contributed by atoms with E-state index in [1.165, 1.54) is 32.3 Å². The number of carbonyl (C=O) groups excluding carboxylic acids is 3. The van der Waals surface area contributed by atoms with E-state index in [0.29, 0.717) is 11.8 Å². The van der Waals surface area contributed by atoms with Crippen molar-refractivity contribution in [2.75, 3.05) is 20.6 Å². The minimum atomic E-state index is -4.71. The Morgan fingerprint density at radius 2 is 1.66 bits per heavy atom. The lowest BCUT2D eigenvalue weighted by Crippen LogP contribution is -2.55. The number of likely N-dealkylation sites (N-methyl/N-ethyl adjacent to an activating group) is 2. The topological polar surface area (TPSA) is 66.9 Å². The molecule has 0 saturated heterocycles. The van der Waals surface area contributed by atoms with Crippen LogP contribution in [-0.2, 0) is 15.1 Å². The molecule has 0 saturated carbocycles. The highest BCUT2D eigenvalue weighted by molar-refractivity contribution is 6.42. The van der Waals surface area contributed by atoms with E-state index < -0.39 is 30.1 Å². The van der Waals surface area contributed by atoms with Gasteiger partial charge < -0.3 is 14.4 Å². The van der Waals surface area contributed by atoms with Crippen LogP contribution in [-0.4, -0.2) is 54.9 Å². The molecule has 2 aromatic carbocycles. The van der Waals surface area contributed by atoms with E-state index in [0.717, 1.165) is 15.4 Å². The van der Waals surface area contributed by atoms with Crippen LogP contribution in [0.25, 0.3) is 0 Å². The van der Waals surface area contributed by atoms with Crippen LogP contribution in [0.3, 0.4) is 0 Å². The Bertz CT molecular complexity index is 1060. The molecule has 11 heteroatoms. The van der Waals surface area contributed by atoms with Crippen molar-refractivity contribution in [3.63, 3.8) is 0 Å². The average molecular weight is 533 g/mol. The van der Waals surface area contributed by atoms with Crippen LogP contribution in [0.5, 0.6) is 5.75 Å². The maximum absolute atomic E-state index is 13.2. The Balaban J connectivity index is 2.54. The SMILES string of the molecule is Cc1ccc(OC(=O)N(C)[C@](CCC=O)(CN(C)C(=O)CC(F)(F)F)c2ccc(Cl)c(Cl)c2)cc1. The van der Waals surface area contributed by atoms with Crippen LogP contribution in [0.1, 0.15) is 30.4 Å². The molecule has 2 aromatic rings. The van der Waals surface area contributed by atoms with Crippen molar-refractivity contribution < 1.29 is 32.3 Å². The number of rotatable bonds is 9. The quantitative estimate of drug-likeness (QED) is 0.370. The first-order chi connectivity index (χ1) is 16.3. The van der Waals surface area contributed by atoms with Gasteiger partial charge in [0.1, 0.15) is 18.5 Å². The molecule has 1 atom stereocenters. The molecule has 0 aromatic heterocycles. The predicted molar refractivity (Wildman–Crippen MR) is 127 cm³/mol. The monoisotopic (exact) mass is 532 g/mol. The third-order valence-corrected chi connectivity index (χ3v) is 6.29. The molecule has 6 nitrogen and oxygen atoms in total. The van der Waals surface area contributed by atoms with Crippen molar-refractivity contribution in [3.05, 3.63) is 63.6 Å². The van der Waals surface area contributed by atoms with Crippen molar-refractivity contribution >= 4 is 41.5 Å². The van der Waals surface area contributed by atoms with Crippen LogP contribution in [0.2, 0.25) is 10.0 Å². The van der Waals surface area contributed by atoms with Gasteiger partial charge in [0.2, 0.25) is 5.91 Å². The van der Waals surface area contributed by atoms with E-state index in [9.17, 15) is 27.6 Å². The van der Waals surface area contributed by atoms with Gasteiger partial charge in [-0.25, -0.2) is 4.79 Å². The average Bonchev–Trinajstić information content (AvgIpc) is 2.78. The highest BCUT2D eigenvalue weighted by Crippen LogP contribution is 2.37. The minimum Gasteiger partial charge on any atom is -0.410 e. The molecule has 2 amide bonds. The van der Waals surface area contributed by atoms with Crippen LogP contribution in [0.15, 0.2) is 42.5 Å². The number of benzene rings is 2. The summed E-state index contributed by atoms with van der Waals surface area (Å²) in [4.78, 5) is 38.9. The number of halogens is 5. The molecule has 0 N–H and O–H groups in total. The molecule has 0 unspecified atom stereocenters. The highest BCUT2D eigenvalue weighted by atomic mass is 35.5. The number of ether oxygens (including phenoxy) is 1. The Morgan fingerprint density at radius 3 is 2.20 bits per heavy atom. The lowest BCUT2D eigenvalue weighted by molar-refractivity contribution is -0.161. The minimum absolute atomic E-state index is 0.0302. The third kappa shape index (κ3) is 7.60. The zero-order valence-corrected chi connectivity index (χ0v) is 20.9. The molecule has 0 spiro atoms. The first-order valence-electron chi connectivity index (χ1n) is 10.5. The van der Waals surface area contributed by atoms with E-state index in [-0.39, 0.29) is 35.2 Å². The number of alkyl halides is 3. The maximum Gasteiger partial charge on any atom is 0.415 e. The van der Waals surface area contributed by atoms with Gasteiger partial charge in [0.05, 0.1) is 15.6 Å². The number of aryl methyl sites for hydroxylation is 1.